The first-order valence-corrected chi connectivity index (χ1v) is 8.02. The monoisotopic (exact) mass is 321 g/mol. The molecule has 1 saturated heterocycles. The highest BCUT2D eigenvalue weighted by Gasteiger charge is 2.27. The lowest BCUT2D eigenvalue weighted by Gasteiger charge is -2.41. The Bertz CT molecular complexity index is 536. The summed E-state index contributed by atoms with van der Waals surface area (Å²) in [7, 11) is 1.68. The smallest absolute Gasteiger partial charge is 0.231 e. The van der Waals surface area contributed by atoms with Crippen molar-refractivity contribution in [3.05, 3.63) is 29.3 Å². The van der Waals surface area contributed by atoms with E-state index in [4.69, 9.17) is 10.5 Å². The van der Waals surface area contributed by atoms with Crippen LogP contribution in [0.5, 0.6) is 5.75 Å². The van der Waals surface area contributed by atoms with Crippen molar-refractivity contribution in [1.29, 1.82) is 0 Å². The molecule has 0 saturated carbocycles. The number of nitrogens with zero attached hydrogens (tertiary/aromatic N) is 2. The minimum atomic E-state index is -0.299. The van der Waals surface area contributed by atoms with Crippen LogP contribution in [0.1, 0.15) is 17.5 Å². The predicted molar refractivity (Wildman–Crippen MR) is 89.3 cm³/mol. The van der Waals surface area contributed by atoms with Crippen LogP contribution in [0, 0.1) is 6.92 Å². The Kier molecular flexibility index (Phi) is 6.38. The SMILES string of the molecule is COc1ccc(CN2CCN(CC(N)=O)C[C@H]2CCO)cc1C. The Balaban J connectivity index is 2.03. The Morgan fingerprint density at radius 1 is 1.43 bits per heavy atom. The van der Waals surface area contributed by atoms with Gasteiger partial charge in [-0.05, 0) is 30.5 Å². The number of hydrogen-bond acceptors (Lipinski definition) is 5. The number of hydrogen-bond donors (Lipinski definition) is 2. The van der Waals surface area contributed by atoms with Gasteiger partial charge in [-0.1, -0.05) is 12.1 Å². The van der Waals surface area contributed by atoms with E-state index in [1.807, 2.05) is 13.0 Å². The molecule has 0 aliphatic carbocycles. The fraction of sp³-hybridized carbons (Fsp3) is 0.588. The maximum absolute atomic E-state index is 11.1. The van der Waals surface area contributed by atoms with Crippen LogP contribution in [0.4, 0.5) is 0 Å². The van der Waals surface area contributed by atoms with Crippen LogP contribution in [-0.2, 0) is 11.3 Å². The number of benzene rings is 1. The van der Waals surface area contributed by atoms with Gasteiger partial charge in [0, 0.05) is 38.8 Å². The van der Waals surface area contributed by atoms with Crippen molar-refractivity contribution in [3.63, 3.8) is 0 Å². The van der Waals surface area contributed by atoms with E-state index in [0.29, 0.717) is 6.42 Å². The van der Waals surface area contributed by atoms with Gasteiger partial charge in [0.15, 0.2) is 0 Å². The molecule has 0 unspecified atom stereocenters. The highest BCUT2D eigenvalue weighted by atomic mass is 16.5. The highest BCUT2D eigenvalue weighted by Crippen LogP contribution is 2.21. The average Bonchev–Trinajstić information content (AvgIpc) is 2.50. The Morgan fingerprint density at radius 3 is 2.83 bits per heavy atom. The van der Waals surface area contributed by atoms with Crippen LogP contribution in [0.2, 0.25) is 0 Å². The van der Waals surface area contributed by atoms with E-state index in [1.54, 1.807) is 7.11 Å². The molecular weight excluding hydrogens is 294 g/mol. The lowest BCUT2D eigenvalue weighted by atomic mass is 10.1. The topological polar surface area (TPSA) is 79.0 Å². The maximum atomic E-state index is 11.1. The lowest BCUT2D eigenvalue weighted by Crippen LogP contribution is -2.54. The second kappa shape index (κ2) is 8.29. The fourth-order valence-electron chi connectivity index (χ4n) is 3.23. The van der Waals surface area contributed by atoms with Gasteiger partial charge in [0.2, 0.25) is 5.91 Å². The fourth-order valence-corrected chi connectivity index (χ4v) is 3.23. The molecule has 1 aliphatic heterocycles. The number of aryl methyl sites for hydroxylation is 1. The minimum Gasteiger partial charge on any atom is -0.496 e. The highest BCUT2D eigenvalue weighted by molar-refractivity contribution is 5.75. The summed E-state index contributed by atoms with van der Waals surface area (Å²) in [5, 5.41) is 9.33. The van der Waals surface area contributed by atoms with Crippen LogP contribution in [0.15, 0.2) is 18.2 Å². The molecule has 0 bridgehead atoms. The van der Waals surface area contributed by atoms with Gasteiger partial charge >= 0.3 is 0 Å². The number of aliphatic hydroxyl groups is 1. The number of ether oxygens (including phenoxy) is 1. The molecule has 6 heteroatoms. The molecule has 0 radical (unpaired) electrons. The van der Waals surface area contributed by atoms with Crippen molar-refractivity contribution in [3.8, 4) is 5.75 Å². The van der Waals surface area contributed by atoms with Gasteiger partial charge in [0.05, 0.1) is 13.7 Å². The Morgan fingerprint density at radius 2 is 2.22 bits per heavy atom. The van der Waals surface area contributed by atoms with E-state index in [-0.39, 0.29) is 25.1 Å². The lowest BCUT2D eigenvalue weighted by molar-refractivity contribution is -0.120. The third kappa shape index (κ3) is 4.92. The Hall–Kier alpha value is -1.63. The molecule has 1 amide bonds. The van der Waals surface area contributed by atoms with Gasteiger partial charge in [-0.3, -0.25) is 14.6 Å². The van der Waals surface area contributed by atoms with Crippen molar-refractivity contribution in [2.24, 2.45) is 5.73 Å². The van der Waals surface area contributed by atoms with Crippen molar-refractivity contribution < 1.29 is 14.6 Å². The molecule has 1 aromatic rings. The van der Waals surface area contributed by atoms with Gasteiger partial charge in [-0.15, -0.1) is 0 Å². The number of nitrogens with two attached hydrogens (primary N) is 1. The molecule has 1 aromatic carbocycles. The summed E-state index contributed by atoms with van der Waals surface area (Å²) in [6.45, 7) is 5.75. The van der Waals surface area contributed by atoms with Crippen LogP contribution in [0.25, 0.3) is 0 Å². The molecule has 3 N–H and O–H groups in total. The van der Waals surface area contributed by atoms with E-state index >= 15 is 0 Å². The summed E-state index contributed by atoms with van der Waals surface area (Å²) in [5.74, 6) is 0.596. The number of carbonyl (C=O) groups is 1. The average molecular weight is 321 g/mol. The number of aliphatic hydroxyl groups excluding tert-OH is 1. The van der Waals surface area contributed by atoms with Crippen molar-refractivity contribution in [2.45, 2.75) is 25.9 Å². The number of primary amides is 1. The number of rotatable bonds is 7. The van der Waals surface area contributed by atoms with E-state index in [1.165, 1.54) is 5.56 Å². The standard InChI is InChI=1S/C17H27N3O3/c1-13-9-14(3-4-16(13)23-2)10-20-7-6-19(12-17(18)22)11-15(20)5-8-21/h3-4,9,15,21H,5-8,10-12H2,1-2H3,(H2,18,22)/t15-/m1/s1. The van der Waals surface area contributed by atoms with Gasteiger partial charge in [0.25, 0.3) is 0 Å². The van der Waals surface area contributed by atoms with Gasteiger partial charge < -0.3 is 15.6 Å². The molecule has 2 rings (SSSR count). The normalized spacial score (nSPS) is 19.7. The van der Waals surface area contributed by atoms with E-state index in [0.717, 1.165) is 37.5 Å². The molecule has 6 nitrogen and oxygen atoms in total. The third-order valence-electron chi connectivity index (χ3n) is 4.38. The molecule has 23 heavy (non-hydrogen) atoms. The van der Waals surface area contributed by atoms with Crippen molar-refractivity contribution >= 4 is 5.91 Å². The Labute approximate surface area is 137 Å². The second-order valence-electron chi connectivity index (χ2n) is 6.14. The zero-order chi connectivity index (χ0) is 16.8. The maximum Gasteiger partial charge on any atom is 0.231 e. The van der Waals surface area contributed by atoms with Crippen LogP contribution in [0.3, 0.4) is 0 Å². The molecule has 0 aromatic heterocycles. The number of amides is 1. The van der Waals surface area contributed by atoms with Gasteiger partial charge in [0.1, 0.15) is 5.75 Å². The summed E-state index contributed by atoms with van der Waals surface area (Å²) < 4.78 is 5.30. The molecule has 1 heterocycles. The summed E-state index contributed by atoms with van der Waals surface area (Å²) in [6, 6.07) is 6.45. The van der Waals surface area contributed by atoms with E-state index < -0.39 is 0 Å². The van der Waals surface area contributed by atoms with Crippen molar-refractivity contribution in [2.75, 3.05) is 39.9 Å². The van der Waals surface area contributed by atoms with Crippen LogP contribution >= 0.6 is 0 Å². The van der Waals surface area contributed by atoms with Crippen molar-refractivity contribution in [1.82, 2.24) is 9.80 Å². The minimum absolute atomic E-state index is 0.146. The van der Waals surface area contributed by atoms with Gasteiger partial charge in [-0.2, -0.15) is 0 Å². The second-order valence-corrected chi connectivity index (χ2v) is 6.14. The molecule has 128 valence electrons. The molecule has 1 fully saturated rings. The first-order chi connectivity index (χ1) is 11.0. The molecule has 1 atom stereocenters. The zero-order valence-corrected chi connectivity index (χ0v) is 14.0. The molecule has 1 aliphatic rings. The van der Waals surface area contributed by atoms with E-state index in [9.17, 15) is 9.90 Å². The number of methoxy groups -OCH3 is 1. The summed E-state index contributed by atoms with van der Waals surface area (Å²) in [5.41, 5.74) is 7.64. The quantitative estimate of drug-likeness (QED) is 0.758. The molecule has 0 spiro atoms. The number of piperazine rings is 1. The van der Waals surface area contributed by atoms with E-state index in [2.05, 4.69) is 21.9 Å². The summed E-state index contributed by atoms with van der Waals surface area (Å²) >= 11 is 0. The predicted octanol–water partition coefficient (Wildman–Crippen LogP) is 0.358. The number of carbonyl (C=O) groups excluding carboxylic acids is 1. The van der Waals surface area contributed by atoms with Crippen LogP contribution in [-0.4, -0.2) is 66.8 Å². The molecular formula is C17H27N3O3. The summed E-state index contributed by atoms with van der Waals surface area (Å²) in [6.07, 6.45) is 0.699. The van der Waals surface area contributed by atoms with Crippen LogP contribution < -0.4 is 10.5 Å². The first kappa shape index (κ1) is 17.7. The summed E-state index contributed by atoms with van der Waals surface area (Å²) in [4.78, 5) is 15.5. The van der Waals surface area contributed by atoms with Gasteiger partial charge in [-0.25, -0.2) is 0 Å². The largest absolute Gasteiger partial charge is 0.496 e. The third-order valence-corrected chi connectivity index (χ3v) is 4.38. The zero-order valence-electron chi connectivity index (χ0n) is 14.0. The first-order valence-electron chi connectivity index (χ1n) is 8.02.